The van der Waals surface area contributed by atoms with Gasteiger partial charge in [-0.1, -0.05) is 19.9 Å². The van der Waals surface area contributed by atoms with Crippen molar-refractivity contribution in [2.24, 2.45) is 16.8 Å². The predicted molar refractivity (Wildman–Crippen MR) is 104 cm³/mol. The Bertz CT molecular complexity index is 382. The normalized spacial score (nSPS) is 18.1. The van der Waals surface area contributed by atoms with E-state index in [-0.39, 0.29) is 36.4 Å². The van der Waals surface area contributed by atoms with Gasteiger partial charge in [-0.05, 0) is 24.7 Å². The summed E-state index contributed by atoms with van der Waals surface area (Å²) in [6.07, 6.45) is 4.27. The summed E-state index contributed by atoms with van der Waals surface area (Å²) in [5.74, 6) is 2.30. The molecule has 1 atom stereocenters. The number of hydrogen-bond acceptors (Lipinski definition) is 2. The molecule has 0 saturated carbocycles. The van der Waals surface area contributed by atoms with Crippen molar-refractivity contribution in [1.82, 2.24) is 15.1 Å². The first-order chi connectivity index (χ1) is 9.93. The zero-order valence-electron chi connectivity index (χ0n) is 14.3. The monoisotopic (exact) mass is 422 g/mol. The van der Waals surface area contributed by atoms with Gasteiger partial charge < -0.3 is 15.1 Å². The summed E-state index contributed by atoms with van der Waals surface area (Å²) < 4.78 is 0. The maximum atomic E-state index is 11.7. The lowest BCUT2D eigenvalue weighted by Crippen LogP contribution is -2.41. The van der Waals surface area contributed by atoms with Gasteiger partial charge in [-0.2, -0.15) is 0 Å². The maximum absolute atomic E-state index is 11.7. The second kappa shape index (κ2) is 10.9. The lowest BCUT2D eigenvalue weighted by molar-refractivity contribution is -0.127. The van der Waals surface area contributed by atoms with Crippen molar-refractivity contribution in [3.8, 4) is 0 Å². The summed E-state index contributed by atoms with van der Waals surface area (Å²) in [5, 5.41) is 3.27. The van der Waals surface area contributed by atoms with Gasteiger partial charge in [0, 0.05) is 33.7 Å². The summed E-state index contributed by atoms with van der Waals surface area (Å²) in [6.45, 7) is 11.2. The molecule has 0 aliphatic carbocycles. The molecule has 22 heavy (non-hydrogen) atoms. The number of carbonyl (C=O) groups excluding carboxylic acids is 1. The van der Waals surface area contributed by atoms with Crippen molar-refractivity contribution in [2.45, 2.75) is 26.7 Å². The molecule has 128 valence electrons. The predicted octanol–water partition coefficient (Wildman–Crippen LogP) is 2.19. The lowest BCUT2D eigenvalue weighted by Gasteiger charge is -2.22. The van der Waals surface area contributed by atoms with Crippen molar-refractivity contribution in [1.29, 1.82) is 0 Å². The topological polar surface area (TPSA) is 47.9 Å². The molecule has 0 spiro atoms. The second-order valence-corrected chi connectivity index (χ2v) is 6.33. The van der Waals surface area contributed by atoms with Gasteiger partial charge in [0.1, 0.15) is 6.54 Å². The average molecular weight is 422 g/mol. The third-order valence-electron chi connectivity index (χ3n) is 3.66. The van der Waals surface area contributed by atoms with E-state index >= 15 is 0 Å². The van der Waals surface area contributed by atoms with Gasteiger partial charge in [0.05, 0.1) is 0 Å². The van der Waals surface area contributed by atoms with Crippen LogP contribution >= 0.6 is 24.0 Å². The Hall–Kier alpha value is -0.790. The number of likely N-dealkylation sites (N-methyl/N-ethyl adjacent to an activating group) is 1. The highest BCUT2D eigenvalue weighted by Crippen LogP contribution is 2.23. The van der Waals surface area contributed by atoms with E-state index in [0.717, 1.165) is 30.9 Å². The van der Waals surface area contributed by atoms with Crippen LogP contribution < -0.4 is 5.32 Å². The standard InChI is InChI=1S/C16H30N4O.HI/c1-6-8-17-16(18-11-15(21)19(4)5)20-9-7-14(12-20)10-13(2)3;/h6,13-14H,1,7-12H2,2-5H3,(H,17,18);1H. The van der Waals surface area contributed by atoms with Gasteiger partial charge in [0.25, 0.3) is 0 Å². The third-order valence-corrected chi connectivity index (χ3v) is 3.66. The Morgan fingerprint density at radius 3 is 2.73 bits per heavy atom. The zero-order valence-corrected chi connectivity index (χ0v) is 16.7. The number of nitrogens with one attached hydrogen (secondary N) is 1. The van der Waals surface area contributed by atoms with Crippen LogP contribution in [0.3, 0.4) is 0 Å². The van der Waals surface area contributed by atoms with E-state index in [1.165, 1.54) is 12.8 Å². The quantitative estimate of drug-likeness (QED) is 0.309. The number of nitrogens with zero attached hydrogens (tertiary/aromatic N) is 3. The number of hydrogen-bond donors (Lipinski definition) is 1. The van der Waals surface area contributed by atoms with E-state index in [1.54, 1.807) is 19.0 Å². The van der Waals surface area contributed by atoms with E-state index in [4.69, 9.17) is 0 Å². The molecule has 6 heteroatoms. The fourth-order valence-corrected chi connectivity index (χ4v) is 2.60. The first-order valence-corrected chi connectivity index (χ1v) is 7.78. The zero-order chi connectivity index (χ0) is 15.8. The van der Waals surface area contributed by atoms with Crippen LogP contribution in [-0.4, -0.2) is 61.9 Å². The first-order valence-electron chi connectivity index (χ1n) is 7.78. The largest absolute Gasteiger partial charge is 0.353 e. The van der Waals surface area contributed by atoms with E-state index < -0.39 is 0 Å². The van der Waals surface area contributed by atoms with Crippen LogP contribution in [0.5, 0.6) is 0 Å². The van der Waals surface area contributed by atoms with Crippen molar-refractivity contribution in [2.75, 3.05) is 40.3 Å². The SMILES string of the molecule is C=CCNC(=NCC(=O)N(C)C)N1CCC(CC(C)C)C1.I. The number of amides is 1. The van der Waals surface area contributed by atoms with Crippen LogP contribution in [0.1, 0.15) is 26.7 Å². The smallest absolute Gasteiger partial charge is 0.243 e. The summed E-state index contributed by atoms with van der Waals surface area (Å²) in [6, 6.07) is 0. The molecule has 0 aromatic heterocycles. The minimum absolute atomic E-state index is 0. The molecule has 1 unspecified atom stereocenters. The molecule has 1 heterocycles. The van der Waals surface area contributed by atoms with Crippen LogP contribution in [0, 0.1) is 11.8 Å². The van der Waals surface area contributed by atoms with Crippen LogP contribution in [-0.2, 0) is 4.79 Å². The number of likely N-dealkylation sites (tertiary alicyclic amines) is 1. The molecule has 0 aromatic rings. The molecule has 0 aromatic carbocycles. The van der Waals surface area contributed by atoms with E-state index in [0.29, 0.717) is 6.54 Å². The minimum atomic E-state index is 0. The Morgan fingerprint density at radius 2 is 2.18 bits per heavy atom. The molecule has 5 nitrogen and oxygen atoms in total. The van der Waals surface area contributed by atoms with Crippen molar-refractivity contribution in [3.05, 3.63) is 12.7 Å². The number of halogens is 1. The highest BCUT2D eigenvalue weighted by molar-refractivity contribution is 14.0. The molecule has 1 N–H and O–H groups in total. The van der Waals surface area contributed by atoms with Crippen LogP contribution in [0.4, 0.5) is 0 Å². The van der Waals surface area contributed by atoms with Crippen molar-refractivity contribution in [3.63, 3.8) is 0 Å². The molecule has 1 aliphatic rings. The lowest BCUT2D eigenvalue weighted by atomic mass is 9.97. The van der Waals surface area contributed by atoms with Gasteiger partial charge in [-0.25, -0.2) is 4.99 Å². The van der Waals surface area contributed by atoms with Gasteiger partial charge in [0.2, 0.25) is 5.91 Å². The van der Waals surface area contributed by atoms with Gasteiger partial charge in [0.15, 0.2) is 5.96 Å². The fraction of sp³-hybridized carbons (Fsp3) is 0.750. The Labute approximate surface area is 152 Å². The van der Waals surface area contributed by atoms with Gasteiger partial charge in [-0.15, -0.1) is 30.6 Å². The van der Waals surface area contributed by atoms with Gasteiger partial charge in [-0.3, -0.25) is 4.79 Å². The molecular weight excluding hydrogens is 391 g/mol. The number of rotatable bonds is 6. The van der Waals surface area contributed by atoms with Crippen molar-refractivity contribution >= 4 is 35.8 Å². The van der Waals surface area contributed by atoms with Crippen LogP contribution in [0.15, 0.2) is 17.6 Å². The number of carbonyl (C=O) groups is 1. The van der Waals surface area contributed by atoms with E-state index in [2.05, 4.69) is 35.6 Å². The number of guanidine groups is 1. The molecule has 1 fully saturated rings. The Kier molecular flexibility index (Phi) is 10.5. The molecule has 0 bridgehead atoms. The highest BCUT2D eigenvalue weighted by Gasteiger charge is 2.25. The summed E-state index contributed by atoms with van der Waals surface area (Å²) in [4.78, 5) is 20.0. The molecule has 1 saturated heterocycles. The Morgan fingerprint density at radius 1 is 1.50 bits per heavy atom. The minimum Gasteiger partial charge on any atom is -0.353 e. The molecule has 0 radical (unpaired) electrons. The Balaban J connectivity index is 0.00000441. The van der Waals surface area contributed by atoms with Crippen molar-refractivity contribution < 1.29 is 4.79 Å². The molecule has 1 rings (SSSR count). The first kappa shape index (κ1) is 21.2. The van der Waals surface area contributed by atoms with Gasteiger partial charge >= 0.3 is 0 Å². The fourth-order valence-electron chi connectivity index (χ4n) is 2.60. The van der Waals surface area contributed by atoms with Crippen LogP contribution in [0.2, 0.25) is 0 Å². The van der Waals surface area contributed by atoms with E-state index in [9.17, 15) is 4.79 Å². The molecule has 1 aliphatic heterocycles. The molecule has 1 amide bonds. The maximum Gasteiger partial charge on any atom is 0.243 e. The average Bonchev–Trinajstić information content (AvgIpc) is 2.85. The summed E-state index contributed by atoms with van der Waals surface area (Å²) in [7, 11) is 3.51. The number of aliphatic imine (C=N–C) groups is 1. The summed E-state index contributed by atoms with van der Waals surface area (Å²) >= 11 is 0. The van der Waals surface area contributed by atoms with E-state index in [1.807, 2.05) is 6.08 Å². The summed E-state index contributed by atoms with van der Waals surface area (Å²) in [5.41, 5.74) is 0. The second-order valence-electron chi connectivity index (χ2n) is 6.33. The third kappa shape index (κ3) is 7.47. The molecular formula is C16H31IN4O. The highest BCUT2D eigenvalue weighted by atomic mass is 127. The van der Waals surface area contributed by atoms with Crippen LogP contribution in [0.25, 0.3) is 0 Å².